The van der Waals surface area contributed by atoms with E-state index < -0.39 is 0 Å². The Balaban J connectivity index is 2.25. The maximum atomic E-state index is 9.53. The van der Waals surface area contributed by atoms with Crippen LogP contribution in [0.2, 0.25) is 0 Å². The second-order valence-electron chi connectivity index (χ2n) is 3.55. The van der Waals surface area contributed by atoms with Crippen LogP contribution < -0.4 is 0 Å². The Hall–Kier alpha value is -2.63. The van der Waals surface area contributed by atoms with E-state index in [4.69, 9.17) is 0 Å². The van der Waals surface area contributed by atoms with Crippen LogP contribution in [0.25, 0.3) is 28.2 Å². The van der Waals surface area contributed by atoms with Crippen molar-refractivity contribution in [1.82, 2.24) is 25.4 Å². The first-order valence-corrected chi connectivity index (χ1v) is 4.99. The zero-order chi connectivity index (χ0) is 11.8. The van der Waals surface area contributed by atoms with Crippen LogP contribution in [0, 0.1) is 0 Å². The van der Waals surface area contributed by atoms with Gasteiger partial charge in [-0.05, 0) is 12.1 Å². The minimum Gasteiger partial charge on any atom is -0.492 e. The van der Waals surface area contributed by atoms with E-state index >= 15 is 0 Å². The van der Waals surface area contributed by atoms with Gasteiger partial charge in [0.05, 0.1) is 28.7 Å². The standard InChI is InChI=1S/C11H9N5O/c1-2-8-6-3-9(7-4-13-16-11(7)17)12-5-10(6)15-14-8/h2-5H,1H2,(H,14,15)(H2,13,16,17). The molecule has 3 aromatic heterocycles. The molecule has 0 saturated carbocycles. The Morgan fingerprint density at radius 1 is 1.35 bits per heavy atom. The molecule has 0 aliphatic carbocycles. The van der Waals surface area contributed by atoms with E-state index in [0.29, 0.717) is 11.3 Å². The molecule has 84 valence electrons. The van der Waals surface area contributed by atoms with Gasteiger partial charge in [0, 0.05) is 11.6 Å². The molecule has 0 aliphatic heterocycles. The van der Waals surface area contributed by atoms with Gasteiger partial charge in [0.15, 0.2) is 0 Å². The summed E-state index contributed by atoms with van der Waals surface area (Å²) >= 11 is 0. The Kier molecular flexibility index (Phi) is 1.94. The fourth-order valence-corrected chi connectivity index (χ4v) is 1.71. The molecule has 0 atom stereocenters. The number of rotatable bonds is 2. The number of nitrogens with one attached hydrogen (secondary N) is 2. The van der Waals surface area contributed by atoms with Gasteiger partial charge in [0.2, 0.25) is 5.88 Å². The molecule has 17 heavy (non-hydrogen) atoms. The lowest BCUT2D eigenvalue weighted by atomic mass is 10.1. The van der Waals surface area contributed by atoms with Gasteiger partial charge in [-0.1, -0.05) is 6.58 Å². The first-order chi connectivity index (χ1) is 8.29. The summed E-state index contributed by atoms with van der Waals surface area (Å²) in [5.41, 5.74) is 2.77. The van der Waals surface area contributed by atoms with Crippen molar-refractivity contribution in [2.45, 2.75) is 0 Å². The van der Waals surface area contributed by atoms with Crippen LogP contribution >= 0.6 is 0 Å². The zero-order valence-corrected chi connectivity index (χ0v) is 8.81. The van der Waals surface area contributed by atoms with E-state index in [9.17, 15) is 5.11 Å². The quantitative estimate of drug-likeness (QED) is 0.621. The average molecular weight is 227 g/mol. The smallest absolute Gasteiger partial charge is 0.239 e. The van der Waals surface area contributed by atoms with Crippen LogP contribution in [-0.4, -0.2) is 30.5 Å². The fraction of sp³-hybridized carbons (Fsp3) is 0. The van der Waals surface area contributed by atoms with E-state index in [2.05, 4.69) is 32.0 Å². The van der Waals surface area contributed by atoms with Crippen LogP contribution in [0.5, 0.6) is 5.88 Å². The van der Waals surface area contributed by atoms with Gasteiger partial charge in [0.1, 0.15) is 0 Å². The molecule has 3 N–H and O–H groups in total. The molecule has 0 unspecified atom stereocenters. The van der Waals surface area contributed by atoms with E-state index in [1.807, 2.05) is 6.07 Å². The van der Waals surface area contributed by atoms with Crippen LogP contribution in [0.4, 0.5) is 0 Å². The predicted molar refractivity (Wildman–Crippen MR) is 63.2 cm³/mol. The highest BCUT2D eigenvalue weighted by molar-refractivity contribution is 5.88. The molecule has 0 aliphatic rings. The highest BCUT2D eigenvalue weighted by atomic mass is 16.3. The number of pyridine rings is 1. The third-order valence-electron chi connectivity index (χ3n) is 2.57. The van der Waals surface area contributed by atoms with Gasteiger partial charge in [-0.3, -0.25) is 15.2 Å². The number of fused-ring (bicyclic) bond motifs is 1. The van der Waals surface area contributed by atoms with Gasteiger partial charge in [-0.2, -0.15) is 5.10 Å². The first kappa shape index (κ1) is 9.59. The molecule has 3 heterocycles. The molecule has 6 heteroatoms. The summed E-state index contributed by atoms with van der Waals surface area (Å²) in [7, 11) is 0. The van der Waals surface area contributed by atoms with E-state index in [0.717, 1.165) is 16.6 Å². The van der Waals surface area contributed by atoms with Crippen molar-refractivity contribution >= 4 is 17.0 Å². The molecule has 0 radical (unpaired) electrons. The Morgan fingerprint density at radius 2 is 2.24 bits per heavy atom. The molecule has 0 spiro atoms. The van der Waals surface area contributed by atoms with Crippen molar-refractivity contribution in [3.63, 3.8) is 0 Å². The highest BCUT2D eigenvalue weighted by Crippen LogP contribution is 2.27. The number of aromatic amines is 2. The molecule has 3 rings (SSSR count). The fourth-order valence-electron chi connectivity index (χ4n) is 1.71. The summed E-state index contributed by atoms with van der Waals surface area (Å²) < 4.78 is 0. The summed E-state index contributed by atoms with van der Waals surface area (Å²) in [4.78, 5) is 4.23. The lowest BCUT2D eigenvalue weighted by Crippen LogP contribution is -1.82. The van der Waals surface area contributed by atoms with Crippen molar-refractivity contribution in [2.24, 2.45) is 0 Å². The number of aromatic nitrogens is 5. The van der Waals surface area contributed by atoms with Gasteiger partial charge < -0.3 is 5.11 Å². The number of nitrogens with zero attached hydrogens (tertiary/aromatic N) is 3. The van der Waals surface area contributed by atoms with Crippen molar-refractivity contribution in [3.8, 4) is 17.1 Å². The molecule has 3 aromatic rings. The van der Waals surface area contributed by atoms with Crippen molar-refractivity contribution in [2.75, 3.05) is 0 Å². The Morgan fingerprint density at radius 3 is 2.94 bits per heavy atom. The summed E-state index contributed by atoms with van der Waals surface area (Å²) in [6, 6.07) is 1.83. The van der Waals surface area contributed by atoms with Gasteiger partial charge in [-0.15, -0.1) is 5.10 Å². The van der Waals surface area contributed by atoms with Crippen LogP contribution in [0.1, 0.15) is 5.69 Å². The monoisotopic (exact) mass is 227 g/mol. The average Bonchev–Trinajstić information content (AvgIpc) is 2.93. The Labute approximate surface area is 96.0 Å². The van der Waals surface area contributed by atoms with E-state index in [-0.39, 0.29) is 5.88 Å². The van der Waals surface area contributed by atoms with Gasteiger partial charge >= 0.3 is 0 Å². The largest absolute Gasteiger partial charge is 0.492 e. The molecule has 0 amide bonds. The zero-order valence-electron chi connectivity index (χ0n) is 8.81. The van der Waals surface area contributed by atoms with Crippen molar-refractivity contribution < 1.29 is 5.11 Å². The third-order valence-corrected chi connectivity index (χ3v) is 2.57. The topological polar surface area (TPSA) is 90.5 Å². The molecule has 0 saturated heterocycles. The van der Waals surface area contributed by atoms with Crippen molar-refractivity contribution in [1.29, 1.82) is 0 Å². The summed E-state index contributed by atoms with van der Waals surface area (Å²) in [5.74, 6) is -0.0690. The maximum Gasteiger partial charge on any atom is 0.239 e. The summed E-state index contributed by atoms with van der Waals surface area (Å²) in [5, 5.41) is 23.6. The molecular weight excluding hydrogens is 218 g/mol. The first-order valence-electron chi connectivity index (χ1n) is 4.99. The molecule has 0 bridgehead atoms. The lowest BCUT2D eigenvalue weighted by Gasteiger charge is -1.97. The maximum absolute atomic E-state index is 9.53. The minimum absolute atomic E-state index is 0.0690. The second-order valence-corrected chi connectivity index (χ2v) is 3.55. The van der Waals surface area contributed by atoms with Gasteiger partial charge in [-0.25, -0.2) is 0 Å². The third kappa shape index (κ3) is 1.38. The van der Waals surface area contributed by atoms with Gasteiger partial charge in [0.25, 0.3) is 0 Å². The minimum atomic E-state index is -0.0690. The Bertz CT molecular complexity index is 697. The summed E-state index contributed by atoms with van der Waals surface area (Å²) in [6.45, 7) is 3.69. The van der Waals surface area contributed by atoms with Crippen LogP contribution in [-0.2, 0) is 0 Å². The predicted octanol–water partition coefficient (Wildman–Crippen LogP) is 1.70. The second kappa shape index (κ2) is 3.44. The molecule has 0 aromatic carbocycles. The SMILES string of the molecule is C=Cc1n[nH]c2cnc(-c3c[nH]nc3O)cc12. The number of hydrogen-bond donors (Lipinski definition) is 3. The molecular formula is C11H9N5O. The normalized spacial score (nSPS) is 10.8. The van der Waals surface area contributed by atoms with E-state index in [1.54, 1.807) is 18.5 Å². The molecule has 0 fully saturated rings. The molecule has 6 nitrogen and oxygen atoms in total. The lowest BCUT2D eigenvalue weighted by molar-refractivity contribution is 0.453. The summed E-state index contributed by atoms with van der Waals surface area (Å²) in [6.07, 6.45) is 4.92. The number of hydrogen-bond acceptors (Lipinski definition) is 4. The van der Waals surface area contributed by atoms with Crippen LogP contribution in [0.15, 0.2) is 25.0 Å². The number of H-pyrrole nitrogens is 2. The van der Waals surface area contributed by atoms with E-state index in [1.165, 1.54) is 0 Å². The van der Waals surface area contributed by atoms with Crippen LogP contribution in [0.3, 0.4) is 0 Å². The number of aromatic hydroxyl groups is 1. The highest BCUT2D eigenvalue weighted by Gasteiger charge is 2.10. The van der Waals surface area contributed by atoms with Crippen molar-refractivity contribution in [3.05, 3.63) is 30.7 Å².